The number of likely N-dealkylation sites (tertiary alicyclic amines) is 1. The molecule has 1 saturated heterocycles. The maximum atomic E-state index is 13.6. The van der Waals surface area contributed by atoms with Crippen LogP contribution in [0, 0.1) is 6.92 Å². The number of nitrogens with zero attached hydrogens (tertiary/aromatic N) is 4. The number of piperidine rings is 1. The second kappa shape index (κ2) is 11.2. The molecule has 0 bridgehead atoms. The van der Waals surface area contributed by atoms with Crippen LogP contribution in [0.3, 0.4) is 0 Å². The molecule has 1 aliphatic heterocycles. The van der Waals surface area contributed by atoms with Gasteiger partial charge in [0.15, 0.2) is 5.82 Å². The monoisotopic (exact) mass is 577 g/mol. The van der Waals surface area contributed by atoms with Crippen molar-refractivity contribution >= 4 is 33.9 Å². The minimum atomic E-state index is -0.569. The lowest BCUT2D eigenvalue weighted by Crippen LogP contribution is -2.50. The Morgan fingerprint density at radius 1 is 1.00 bits per heavy atom. The quantitative estimate of drug-likeness (QED) is 0.253. The van der Waals surface area contributed by atoms with Crippen LogP contribution < -0.4 is 5.32 Å². The van der Waals surface area contributed by atoms with E-state index >= 15 is 0 Å². The van der Waals surface area contributed by atoms with Crippen molar-refractivity contribution in [3.8, 4) is 11.5 Å². The summed E-state index contributed by atoms with van der Waals surface area (Å²) in [6.45, 7) is 9.44. The van der Waals surface area contributed by atoms with Crippen molar-refractivity contribution in [2.45, 2.75) is 58.7 Å². The number of fused-ring (bicyclic) bond motifs is 2. The number of ether oxygens (including phenoxy) is 1. The van der Waals surface area contributed by atoms with E-state index in [1.807, 2.05) is 50.9 Å². The third-order valence-corrected chi connectivity index (χ3v) is 8.06. The Morgan fingerprint density at radius 2 is 1.77 bits per heavy atom. The number of aromatic nitrogens is 3. The summed E-state index contributed by atoms with van der Waals surface area (Å²) < 4.78 is 9.84. The zero-order chi connectivity index (χ0) is 30.3. The topological polar surface area (TPSA) is 81.4 Å². The summed E-state index contributed by atoms with van der Waals surface area (Å²) in [6.07, 6.45) is 1.17. The number of nitrogens with one attached hydrogen (secondary N) is 1. The first-order valence-corrected chi connectivity index (χ1v) is 15.0. The number of hydrogen-bond donors (Lipinski definition) is 1. The normalized spacial score (nSPS) is 15.7. The first kappa shape index (κ1) is 28.5. The Bertz CT molecular complexity index is 1810. The van der Waals surface area contributed by atoms with Gasteiger partial charge in [-0.05, 0) is 76.4 Å². The van der Waals surface area contributed by atoms with Gasteiger partial charge in [-0.1, -0.05) is 48.0 Å². The summed E-state index contributed by atoms with van der Waals surface area (Å²) in [5, 5.41) is 4.09. The van der Waals surface area contributed by atoms with Crippen molar-refractivity contribution in [3.05, 3.63) is 89.5 Å². The molecule has 1 atom stereocenters. The van der Waals surface area contributed by atoms with Crippen LogP contribution >= 0.6 is 0 Å². The molecule has 1 fully saturated rings. The third kappa shape index (κ3) is 6.00. The number of aryl methyl sites for hydroxylation is 2. The Kier molecular flexibility index (Phi) is 7.46. The number of amides is 2. The van der Waals surface area contributed by atoms with Gasteiger partial charge in [0.25, 0.3) is 5.91 Å². The van der Waals surface area contributed by atoms with Gasteiger partial charge in [0.1, 0.15) is 5.60 Å². The van der Waals surface area contributed by atoms with Crippen LogP contribution in [0.25, 0.3) is 33.5 Å². The summed E-state index contributed by atoms with van der Waals surface area (Å²) in [5.41, 5.74) is 6.40. The molecule has 2 amide bonds. The fourth-order valence-corrected chi connectivity index (χ4v) is 5.94. The maximum Gasteiger partial charge on any atom is 0.407 e. The van der Waals surface area contributed by atoms with E-state index in [1.165, 1.54) is 11.1 Å². The highest BCUT2D eigenvalue weighted by Crippen LogP contribution is 2.31. The smallest absolute Gasteiger partial charge is 0.407 e. The SMILES string of the molecule is Cc1ccc(Cn2c(-c3nc4cc(C(=O)N5CCC[C@@H](NC(=O)OC(C)(C)C)C5)ccc4n3C)cc3ccccc32)cc1. The third-order valence-electron chi connectivity index (χ3n) is 8.06. The van der Waals surface area contributed by atoms with E-state index in [0.29, 0.717) is 18.7 Å². The molecule has 0 spiro atoms. The molecule has 8 nitrogen and oxygen atoms in total. The molecule has 3 aromatic carbocycles. The average Bonchev–Trinajstić information content (AvgIpc) is 3.49. The predicted molar refractivity (Wildman–Crippen MR) is 170 cm³/mol. The molecule has 0 aliphatic carbocycles. The van der Waals surface area contributed by atoms with Gasteiger partial charge in [0.2, 0.25) is 0 Å². The van der Waals surface area contributed by atoms with E-state index in [-0.39, 0.29) is 11.9 Å². The van der Waals surface area contributed by atoms with E-state index in [1.54, 1.807) is 0 Å². The number of carbonyl (C=O) groups excluding carboxylic acids is 2. The molecule has 3 heterocycles. The van der Waals surface area contributed by atoms with Crippen molar-refractivity contribution in [1.82, 2.24) is 24.3 Å². The molecule has 222 valence electrons. The van der Waals surface area contributed by atoms with Gasteiger partial charge in [-0.15, -0.1) is 0 Å². The Labute approximate surface area is 252 Å². The molecular formula is C35H39N5O3. The number of carbonyl (C=O) groups is 2. The first-order valence-electron chi connectivity index (χ1n) is 15.0. The van der Waals surface area contributed by atoms with Crippen LogP contribution in [-0.4, -0.2) is 55.8 Å². The maximum absolute atomic E-state index is 13.6. The number of imidazole rings is 1. The van der Waals surface area contributed by atoms with Crippen molar-refractivity contribution in [2.75, 3.05) is 13.1 Å². The average molecular weight is 578 g/mol. The number of para-hydroxylation sites is 1. The molecule has 5 aromatic rings. The predicted octanol–water partition coefficient (Wildman–Crippen LogP) is 6.68. The molecular weight excluding hydrogens is 538 g/mol. The van der Waals surface area contributed by atoms with Gasteiger partial charge in [-0.25, -0.2) is 9.78 Å². The Hall–Kier alpha value is -4.59. The second-order valence-corrected chi connectivity index (χ2v) is 12.6. The van der Waals surface area contributed by atoms with Crippen LogP contribution in [-0.2, 0) is 18.3 Å². The van der Waals surface area contributed by atoms with Crippen molar-refractivity contribution in [1.29, 1.82) is 0 Å². The number of rotatable bonds is 5. The van der Waals surface area contributed by atoms with Crippen LogP contribution in [0.2, 0.25) is 0 Å². The Balaban J connectivity index is 1.28. The van der Waals surface area contributed by atoms with Crippen LogP contribution in [0.15, 0.2) is 72.8 Å². The first-order chi connectivity index (χ1) is 20.6. The molecule has 1 aliphatic rings. The van der Waals surface area contributed by atoms with E-state index in [0.717, 1.165) is 52.8 Å². The summed E-state index contributed by atoms with van der Waals surface area (Å²) in [4.78, 5) is 32.8. The van der Waals surface area contributed by atoms with Crippen LogP contribution in [0.1, 0.15) is 55.1 Å². The zero-order valence-corrected chi connectivity index (χ0v) is 25.6. The van der Waals surface area contributed by atoms with E-state index in [4.69, 9.17) is 9.72 Å². The molecule has 1 N–H and O–H groups in total. The fraction of sp³-hybridized carbons (Fsp3) is 0.343. The molecule has 0 unspecified atom stereocenters. The molecule has 0 saturated carbocycles. The lowest BCUT2D eigenvalue weighted by molar-refractivity contribution is 0.0452. The fourth-order valence-electron chi connectivity index (χ4n) is 5.94. The summed E-state index contributed by atoms with van der Waals surface area (Å²) in [6, 6.07) is 24.8. The van der Waals surface area contributed by atoms with Crippen molar-refractivity contribution in [2.24, 2.45) is 7.05 Å². The Morgan fingerprint density at radius 3 is 2.53 bits per heavy atom. The van der Waals surface area contributed by atoms with E-state index in [9.17, 15) is 9.59 Å². The van der Waals surface area contributed by atoms with Gasteiger partial charge >= 0.3 is 6.09 Å². The standard InChI is InChI=1S/C35H39N5O3/c1-23-12-14-24(15-13-23)21-40-29-11-7-6-9-25(29)20-31(40)32-37-28-19-26(16-17-30(28)38(32)5)33(41)39-18-8-10-27(22-39)36-34(42)43-35(2,3)4/h6-7,9,11-17,19-20,27H,8,10,18,21-22H2,1-5H3,(H,36,42)/t27-/m1/s1. The van der Waals surface area contributed by atoms with Gasteiger partial charge in [-0.2, -0.15) is 0 Å². The summed E-state index contributed by atoms with van der Waals surface area (Å²) >= 11 is 0. The molecule has 8 heteroatoms. The largest absolute Gasteiger partial charge is 0.444 e. The van der Waals surface area contributed by atoms with Crippen LogP contribution in [0.4, 0.5) is 4.79 Å². The van der Waals surface area contributed by atoms with Gasteiger partial charge in [0, 0.05) is 49.2 Å². The van der Waals surface area contributed by atoms with E-state index < -0.39 is 11.7 Å². The van der Waals surface area contributed by atoms with Crippen molar-refractivity contribution < 1.29 is 14.3 Å². The number of benzene rings is 3. The molecule has 6 rings (SSSR count). The highest BCUT2D eigenvalue weighted by atomic mass is 16.6. The minimum Gasteiger partial charge on any atom is -0.444 e. The van der Waals surface area contributed by atoms with Crippen molar-refractivity contribution in [3.63, 3.8) is 0 Å². The second-order valence-electron chi connectivity index (χ2n) is 12.6. The number of alkyl carbamates (subject to hydrolysis) is 1. The summed E-state index contributed by atoms with van der Waals surface area (Å²) in [5.74, 6) is 0.792. The highest BCUT2D eigenvalue weighted by molar-refractivity contribution is 5.98. The molecule has 0 radical (unpaired) electrons. The van der Waals surface area contributed by atoms with Gasteiger partial charge in [0.05, 0.1) is 16.7 Å². The molecule has 43 heavy (non-hydrogen) atoms. The summed E-state index contributed by atoms with van der Waals surface area (Å²) in [7, 11) is 2.03. The van der Waals surface area contributed by atoms with Gasteiger partial charge in [-0.3, -0.25) is 4.79 Å². The minimum absolute atomic E-state index is 0.0572. The lowest BCUT2D eigenvalue weighted by Gasteiger charge is -2.33. The van der Waals surface area contributed by atoms with Gasteiger partial charge < -0.3 is 24.1 Å². The molecule has 2 aromatic heterocycles. The lowest BCUT2D eigenvalue weighted by atomic mass is 10.0. The number of hydrogen-bond acceptors (Lipinski definition) is 4. The van der Waals surface area contributed by atoms with E-state index in [2.05, 4.69) is 76.0 Å². The van der Waals surface area contributed by atoms with Crippen LogP contribution in [0.5, 0.6) is 0 Å². The zero-order valence-electron chi connectivity index (χ0n) is 25.6. The highest BCUT2D eigenvalue weighted by Gasteiger charge is 2.28.